The molecule has 2 nitrogen and oxygen atoms in total. The maximum absolute atomic E-state index is 10.6. The Bertz CT molecular complexity index is 78.6. The standard InChI is InChI=1S/C6H12NO/c1-3-4-6(8)5(2)7/h5H,1,3-4,7H2,2H3/t5-/m1/s1. The van der Waals surface area contributed by atoms with E-state index in [9.17, 15) is 4.79 Å². The Morgan fingerprint density at radius 1 is 1.88 bits per heavy atom. The van der Waals surface area contributed by atoms with Crippen LogP contribution in [0.25, 0.3) is 0 Å². The predicted octanol–water partition coefficient (Wildman–Crippen LogP) is 0.517. The van der Waals surface area contributed by atoms with Crippen molar-refractivity contribution in [3.05, 3.63) is 6.92 Å². The number of hydrogen-bond donors (Lipinski definition) is 1. The summed E-state index contributed by atoms with van der Waals surface area (Å²) in [5, 5.41) is 0. The molecule has 0 bridgehead atoms. The molecule has 0 fully saturated rings. The Morgan fingerprint density at radius 2 is 2.38 bits per heavy atom. The summed E-state index contributed by atoms with van der Waals surface area (Å²) < 4.78 is 0. The lowest BCUT2D eigenvalue weighted by atomic mass is 10.1. The van der Waals surface area contributed by atoms with Crippen LogP contribution in [0.15, 0.2) is 0 Å². The van der Waals surface area contributed by atoms with Crippen molar-refractivity contribution in [2.45, 2.75) is 25.8 Å². The highest BCUT2D eigenvalue weighted by Crippen LogP contribution is 1.90. The van der Waals surface area contributed by atoms with E-state index in [0.29, 0.717) is 12.8 Å². The minimum atomic E-state index is -0.309. The summed E-state index contributed by atoms with van der Waals surface area (Å²) in [4.78, 5) is 10.6. The molecular weight excluding hydrogens is 102 g/mol. The number of rotatable bonds is 3. The number of ketones is 1. The van der Waals surface area contributed by atoms with Crippen LogP contribution in [0.1, 0.15) is 19.8 Å². The van der Waals surface area contributed by atoms with Crippen molar-refractivity contribution >= 4 is 5.78 Å². The maximum Gasteiger partial charge on any atom is 0.149 e. The van der Waals surface area contributed by atoms with Gasteiger partial charge in [-0.3, -0.25) is 4.79 Å². The van der Waals surface area contributed by atoms with Crippen molar-refractivity contribution in [2.24, 2.45) is 5.73 Å². The van der Waals surface area contributed by atoms with Crippen molar-refractivity contribution in [2.75, 3.05) is 0 Å². The van der Waals surface area contributed by atoms with E-state index < -0.39 is 0 Å². The maximum atomic E-state index is 10.6. The number of carbonyl (C=O) groups is 1. The third-order valence-corrected chi connectivity index (χ3v) is 0.931. The zero-order valence-corrected chi connectivity index (χ0v) is 5.18. The highest BCUT2D eigenvalue weighted by molar-refractivity contribution is 5.83. The second kappa shape index (κ2) is 3.61. The quantitative estimate of drug-likeness (QED) is 0.581. The molecule has 0 amide bonds. The molecule has 2 heteroatoms. The Kier molecular flexibility index (Phi) is 3.44. The lowest BCUT2D eigenvalue weighted by Gasteiger charge is -1.99. The van der Waals surface area contributed by atoms with Gasteiger partial charge in [0.15, 0.2) is 0 Å². The van der Waals surface area contributed by atoms with Crippen molar-refractivity contribution in [3.8, 4) is 0 Å². The average Bonchev–Trinajstić information content (AvgIpc) is 1.67. The van der Waals surface area contributed by atoms with Gasteiger partial charge in [-0.1, -0.05) is 6.92 Å². The van der Waals surface area contributed by atoms with Gasteiger partial charge in [-0.15, -0.1) is 0 Å². The Hall–Kier alpha value is -0.370. The fraction of sp³-hybridized carbons (Fsp3) is 0.667. The number of carbonyl (C=O) groups excluding carboxylic acids is 1. The summed E-state index contributed by atoms with van der Waals surface area (Å²) in [7, 11) is 0. The molecule has 0 aromatic heterocycles. The molecule has 0 heterocycles. The van der Waals surface area contributed by atoms with E-state index in [4.69, 9.17) is 5.73 Å². The van der Waals surface area contributed by atoms with Gasteiger partial charge in [0.05, 0.1) is 6.04 Å². The number of nitrogens with two attached hydrogens (primary N) is 1. The molecule has 0 aliphatic heterocycles. The minimum Gasteiger partial charge on any atom is -0.322 e. The Labute approximate surface area is 50.1 Å². The summed E-state index contributed by atoms with van der Waals surface area (Å²) >= 11 is 0. The molecule has 0 spiro atoms. The third-order valence-electron chi connectivity index (χ3n) is 0.931. The molecule has 2 N–H and O–H groups in total. The molecule has 1 atom stereocenters. The molecular formula is C6H12NO. The van der Waals surface area contributed by atoms with E-state index in [-0.39, 0.29) is 11.8 Å². The van der Waals surface area contributed by atoms with Gasteiger partial charge in [0.25, 0.3) is 0 Å². The van der Waals surface area contributed by atoms with Crippen molar-refractivity contribution in [1.29, 1.82) is 0 Å². The first-order chi connectivity index (χ1) is 3.68. The molecule has 8 heavy (non-hydrogen) atoms. The topological polar surface area (TPSA) is 43.1 Å². The van der Waals surface area contributed by atoms with Crippen LogP contribution in [0.3, 0.4) is 0 Å². The number of Topliss-reactive ketones (excluding diaryl/α,β-unsaturated/α-hetero) is 1. The van der Waals surface area contributed by atoms with Gasteiger partial charge >= 0.3 is 0 Å². The molecule has 1 radical (unpaired) electrons. The summed E-state index contributed by atoms with van der Waals surface area (Å²) in [5.74, 6) is 0.0972. The van der Waals surface area contributed by atoms with E-state index in [2.05, 4.69) is 6.92 Å². The predicted molar refractivity (Wildman–Crippen MR) is 33.2 cm³/mol. The third kappa shape index (κ3) is 2.75. The largest absolute Gasteiger partial charge is 0.322 e. The first kappa shape index (κ1) is 7.63. The second-order valence-electron chi connectivity index (χ2n) is 1.86. The highest BCUT2D eigenvalue weighted by atomic mass is 16.1. The molecule has 0 aromatic rings. The van der Waals surface area contributed by atoms with E-state index >= 15 is 0 Å². The van der Waals surface area contributed by atoms with Gasteiger partial charge in [0.2, 0.25) is 0 Å². The molecule has 0 aromatic carbocycles. The Balaban J connectivity index is 3.33. The van der Waals surface area contributed by atoms with Gasteiger partial charge in [0, 0.05) is 6.42 Å². The monoisotopic (exact) mass is 114 g/mol. The van der Waals surface area contributed by atoms with Gasteiger partial charge in [-0.05, 0) is 13.3 Å². The molecule has 0 saturated heterocycles. The fourth-order valence-electron chi connectivity index (χ4n) is 0.402. The van der Waals surface area contributed by atoms with Crippen LogP contribution >= 0.6 is 0 Å². The molecule has 0 unspecified atom stereocenters. The zero-order valence-electron chi connectivity index (χ0n) is 5.18. The van der Waals surface area contributed by atoms with Crippen LogP contribution in [-0.2, 0) is 4.79 Å². The summed E-state index contributed by atoms with van der Waals surface area (Å²) in [6, 6.07) is -0.309. The van der Waals surface area contributed by atoms with E-state index in [1.54, 1.807) is 6.92 Å². The molecule has 0 aliphatic rings. The minimum absolute atomic E-state index is 0.0972. The molecule has 0 saturated carbocycles. The van der Waals surface area contributed by atoms with Crippen molar-refractivity contribution < 1.29 is 4.79 Å². The van der Waals surface area contributed by atoms with Crippen molar-refractivity contribution in [1.82, 2.24) is 0 Å². The summed E-state index contributed by atoms with van der Waals surface area (Å²) in [5.41, 5.74) is 5.24. The second-order valence-corrected chi connectivity index (χ2v) is 1.86. The van der Waals surface area contributed by atoms with Gasteiger partial charge in [-0.2, -0.15) is 0 Å². The van der Waals surface area contributed by atoms with Crippen LogP contribution < -0.4 is 5.73 Å². The van der Waals surface area contributed by atoms with Crippen LogP contribution in [0.2, 0.25) is 0 Å². The van der Waals surface area contributed by atoms with Crippen LogP contribution in [0.5, 0.6) is 0 Å². The lowest BCUT2D eigenvalue weighted by Crippen LogP contribution is -2.25. The first-order valence-corrected chi connectivity index (χ1v) is 2.76. The van der Waals surface area contributed by atoms with Crippen LogP contribution in [0, 0.1) is 6.92 Å². The number of hydrogen-bond acceptors (Lipinski definition) is 2. The highest BCUT2D eigenvalue weighted by Gasteiger charge is 2.03. The van der Waals surface area contributed by atoms with Gasteiger partial charge in [0.1, 0.15) is 5.78 Å². The van der Waals surface area contributed by atoms with Crippen LogP contribution in [-0.4, -0.2) is 11.8 Å². The first-order valence-electron chi connectivity index (χ1n) is 2.76. The molecule has 0 rings (SSSR count). The van der Waals surface area contributed by atoms with E-state index in [1.807, 2.05) is 0 Å². The van der Waals surface area contributed by atoms with Gasteiger partial charge in [-0.25, -0.2) is 0 Å². The van der Waals surface area contributed by atoms with Crippen LogP contribution in [0.4, 0.5) is 0 Å². The van der Waals surface area contributed by atoms with E-state index in [0.717, 1.165) is 0 Å². The Morgan fingerprint density at radius 3 is 2.50 bits per heavy atom. The zero-order chi connectivity index (χ0) is 6.57. The van der Waals surface area contributed by atoms with E-state index in [1.165, 1.54) is 0 Å². The molecule has 0 aliphatic carbocycles. The van der Waals surface area contributed by atoms with Crippen molar-refractivity contribution in [3.63, 3.8) is 0 Å². The van der Waals surface area contributed by atoms with Gasteiger partial charge < -0.3 is 5.73 Å². The smallest absolute Gasteiger partial charge is 0.149 e. The summed E-state index contributed by atoms with van der Waals surface area (Å²) in [6.07, 6.45) is 1.16. The normalized spacial score (nSPS) is 13.4. The average molecular weight is 114 g/mol. The summed E-state index contributed by atoms with van der Waals surface area (Å²) in [6.45, 7) is 5.22. The molecule has 47 valence electrons. The SMILES string of the molecule is [CH2]CCC(=O)[C@@H](C)N. The lowest BCUT2D eigenvalue weighted by molar-refractivity contribution is -0.119. The fourth-order valence-corrected chi connectivity index (χ4v) is 0.402.